The first kappa shape index (κ1) is 19.0. The first-order chi connectivity index (χ1) is 14.1. The molecule has 0 aliphatic carbocycles. The standard InChI is InChI=1S/C21H21FN4O3/c1-29-19-17(3-2-8-23-19)21(28)25-9-6-14(7-10-25)12-26-13-24-18-11-15(22)4-5-16(18)20(26)27/h2-5,8,11,13-14H,6-7,9-10,12H2,1H3. The quantitative estimate of drug-likeness (QED) is 0.677. The van der Waals surface area contributed by atoms with Gasteiger partial charge in [0.05, 0.1) is 24.3 Å². The molecule has 3 aromatic rings. The Balaban J connectivity index is 1.43. The fourth-order valence-corrected chi connectivity index (χ4v) is 3.74. The van der Waals surface area contributed by atoms with E-state index in [4.69, 9.17) is 4.74 Å². The van der Waals surface area contributed by atoms with Crippen molar-refractivity contribution < 1.29 is 13.9 Å². The van der Waals surface area contributed by atoms with E-state index < -0.39 is 5.82 Å². The maximum absolute atomic E-state index is 13.3. The molecule has 1 amide bonds. The predicted octanol–water partition coefficient (Wildman–Crippen LogP) is 2.49. The molecule has 150 valence electrons. The van der Waals surface area contributed by atoms with Crippen LogP contribution in [-0.4, -0.2) is 45.5 Å². The van der Waals surface area contributed by atoms with Crippen LogP contribution in [-0.2, 0) is 6.54 Å². The molecule has 3 heterocycles. The van der Waals surface area contributed by atoms with Crippen LogP contribution in [0.5, 0.6) is 5.88 Å². The van der Waals surface area contributed by atoms with Crippen LogP contribution >= 0.6 is 0 Å². The zero-order valence-corrected chi connectivity index (χ0v) is 16.0. The van der Waals surface area contributed by atoms with Gasteiger partial charge in [-0.25, -0.2) is 14.4 Å². The van der Waals surface area contributed by atoms with E-state index in [0.29, 0.717) is 42.0 Å². The number of pyridine rings is 1. The number of nitrogens with zero attached hydrogens (tertiary/aromatic N) is 4. The Morgan fingerprint density at radius 3 is 2.79 bits per heavy atom. The molecule has 1 fully saturated rings. The van der Waals surface area contributed by atoms with Crippen molar-refractivity contribution in [2.75, 3.05) is 20.2 Å². The summed E-state index contributed by atoms with van der Waals surface area (Å²) in [6.45, 7) is 1.72. The number of likely N-dealkylation sites (tertiary alicyclic amines) is 1. The van der Waals surface area contributed by atoms with Gasteiger partial charge in [0, 0.05) is 31.9 Å². The summed E-state index contributed by atoms with van der Waals surface area (Å²) >= 11 is 0. The third kappa shape index (κ3) is 3.83. The van der Waals surface area contributed by atoms with Crippen molar-refractivity contribution in [1.29, 1.82) is 0 Å². The second-order valence-electron chi connectivity index (χ2n) is 7.16. The Labute approximate surface area is 166 Å². The van der Waals surface area contributed by atoms with E-state index >= 15 is 0 Å². The highest BCUT2D eigenvalue weighted by Crippen LogP contribution is 2.23. The number of halogens is 1. The number of carbonyl (C=O) groups is 1. The molecule has 0 N–H and O–H groups in total. The van der Waals surface area contributed by atoms with Crippen molar-refractivity contribution in [3.63, 3.8) is 0 Å². The normalized spacial score (nSPS) is 14.9. The van der Waals surface area contributed by atoms with Crippen LogP contribution in [0.1, 0.15) is 23.2 Å². The average molecular weight is 396 g/mol. The Kier molecular flexibility index (Phi) is 5.24. The van der Waals surface area contributed by atoms with E-state index in [-0.39, 0.29) is 17.4 Å². The van der Waals surface area contributed by atoms with Gasteiger partial charge in [-0.05, 0) is 43.0 Å². The van der Waals surface area contributed by atoms with Gasteiger partial charge < -0.3 is 9.64 Å². The number of methoxy groups -OCH3 is 1. The minimum atomic E-state index is -0.413. The van der Waals surface area contributed by atoms with Gasteiger partial charge in [0.1, 0.15) is 11.4 Å². The van der Waals surface area contributed by atoms with Crippen LogP contribution in [0.3, 0.4) is 0 Å². The summed E-state index contributed by atoms with van der Waals surface area (Å²) in [7, 11) is 1.50. The van der Waals surface area contributed by atoms with Crippen molar-refractivity contribution in [2.24, 2.45) is 5.92 Å². The van der Waals surface area contributed by atoms with E-state index in [2.05, 4.69) is 9.97 Å². The predicted molar refractivity (Wildman–Crippen MR) is 105 cm³/mol. The topological polar surface area (TPSA) is 77.3 Å². The molecule has 4 rings (SSSR count). The number of piperidine rings is 1. The molecule has 0 atom stereocenters. The third-order valence-corrected chi connectivity index (χ3v) is 5.34. The number of amides is 1. The van der Waals surface area contributed by atoms with Gasteiger partial charge >= 0.3 is 0 Å². The van der Waals surface area contributed by atoms with Gasteiger partial charge in [0.2, 0.25) is 5.88 Å². The number of ether oxygens (including phenoxy) is 1. The third-order valence-electron chi connectivity index (χ3n) is 5.34. The zero-order chi connectivity index (χ0) is 20.4. The van der Waals surface area contributed by atoms with E-state index in [1.165, 1.54) is 31.6 Å². The van der Waals surface area contributed by atoms with E-state index in [9.17, 15) is 14.0 Å². The lowest BCUT2D eigenvalue weighted by Gasteiger charge is -2.32. The van der Waals surface area contributed by atoms with Crippen LogP contribution in [0.4, 0.5) is 4.39 Å². The Morgan fingerprint density at radius 2 is 2.03 bits per heavy atom. The smallest absolute Gasteiger partial charge is 0.261 e. The number of rotatable bonds is 4. The van der Waals surface area contributed by atoms with Crippen molar-refractivity contribution in [1.82, 2.24) is 19.4 Å². The average Bonchev–Trinajstić information content (AvgIpc) is 2.75. The largest absolute Gasteiger partial charge is 0.480 e. The number of benzene rings is 1. The van der Waals surface area contributed by atoms with Gasteiger partial charge in [0.15, 0.2) is 0 Å². The first-order valence-electron chi connectivity index (χ1n) is 9.50. The fraction of sp³-hybridized carbons (Fsp3) is 0.333. The highest BCUT2D eigenvalue weighted by molar-refractivity contribution is 5.96. The molecule has 0 saturated carbocycles. The lowest BCUT2D eigenvalue weighted by Crippen LogP contribution is -2.40. The van der Waals surface area contributed by atoms with Gasteiger partial charge in [-0.3, -0.25) is 14.2 Å². The number of fused-ring (bicyclic) bond motifs is 1. The highest BCUT2D eigenvalue weighted by Gasteiger charge is 2.26. The van der Waals surface area contributed by atoms with Gasteiger partial charge in [-0.2, -0.15) is 0 Å². The number of carbonyl (C=O) groups excluding carboxylic acids is 1. The molecule has 0 radical (unpaired) electrons. The molecule has 1 aliphatic heterocycles. The minimum absolute atomic E-state index is 0.0973. The molecule has 1 aromatic carbocycles. The summed E-state index contributed by atoms with van der Waals surface area (Å²) in [6, 6.07) is 7.43. The van der Waals surface area contributed by atoms with Crippen molar-refractivity contribution in [3.8, 4) is 5.88 Å². The summed E-state index contributed by atoms with van der Waals surface area (Å²) in [5.74, 6) is 0.0708. The van der Waals surface area contributed by atoms with E-state index in [1.807, 2.05) is 0 Å². The second kappa shape index (κ2) is 7.98. The molecule has 0 unspecified atom stereocenters. The number of aromatic nitrogens is 3. The van der Waals surface area contributed by atoms with E-state index in [0.717, 1.165) is 12.8 Å². The number of hydrogen-bond donors (Lipinski definition) is 0. The summed E-state index contributed by atoms with van der Waals surface area (Å²) in [6.07, 6.45) is 4.62. The lowest BCUT2D eigenvalue weighted by atomic mass is 9.96. The Bertz CT molecular complexity index is 1110. The fourth-order valence-electron chi connectivity index (χ4n) is 3.74. The molecule has 29 heavy (non-hydrogen) atoms. The molecule has 7 nitrogen and oxygen atoms in total. The van der Waals surface area contributed by atoms with E-state index in [1.54, 1.807) is 27.8 Å². The minimum Gasteiger partial charge on any atom is -0.480 e. The lowest BCUT2D eigenvalue weighted by molar-refractivity contribution is 0.0678. The Hall–Kier alpha value is -3.29. The summed E-state index contributed by atoms with van der Waals surface area (Å²) in [5.41, 5.74) is 0.640. The Morgan fingerprint density at radius 1 is 1.24 bits per heavy atom. The highest BCUT2D eigenvalue weighted by atomic mass is 19.1. The molecular formula is C21H21FN4O3. The molecule has 8 heteroatoms. The molecule has 1 saturated heterocycles. The summed E-state index contributed by atoms with van der Waals surface area (Å²) in [4.78, 5) is 35.5. The van der Waals surface area contributed by atoms with Crippen LogP contribution < -0.4 is 10.3 Å². The molecule has 2 aromatic heterocycles. The molecule has 1 aliphatic rings. The second-order valence-corrected chi connectivity index (χ2v) is 7.16. The molecule has 0 spiro atoms. The number of hydrogen-bond acceptors (Lipinski definition) is 5. The summed E-state index contributed by atoms with van der Waals surface area (Å²) < 4.78 is 20.1. The monoisotopic (exact) mass is 396 g/mol. The maximum atomic E-state index is 13.3. The van der Waals surface area contributed by atoms with Crippen LogP contribution in [0.15, 0.2) is 47.7 Å². The van der Waals surface area contributed by atoms with Crippen LogP contribution in [0.2, 0.25) is 0 Å². The molecular weight excluding hydrogens is 375 g/mol. The molecule has 0 bridgehead atoms. The van der Waals surface area contributed by atoms with Crippen LogP contribution in [0, 0.1) is 11.7 Å². The van der Waals surface area contributed by atoms with Gasteiger partial charge in [-0.15, -0.1) is 0 Å². The van der Waals surface area contributed by atoms with Crippen molar-refractivity contribution in [3.05, 3.63) is 64.6 Å². The van der Waals surface area contributed by atoms with Crippen LogP contribution in [0.25, 0.3) is 10.9 Å². The van der Waals surface area contributed by atoms with Gasteiger partial charge in [-0.1, -0.05) is 0 Å². The maximum Gasteiger partial charge on any atom is 0.261 e. The van der Waals surface area contributed by atoms with Gasteiger partial charge in [0.25, 0.3) is 11.5 Å². The first-order valence-corrected chi connectivity index (χ1v) is 9.50. The zero-order valence-electron chi connectivity index (χ0n) is 16.0. The van der Waals surface area contributed by atoms with Crippen molar-refractivity contribution in [2.45, 2.75) is 19.4 Å². The summed E-state index contributed by atoms with van der Waals surface area (Å²) in [5, 5.41) is 0.408. The SMILES string of the molecule is COc1ncccc1C(=O)N1CCC(Cn2cnc3cc(F)ccc3c2=O)CC1. The van der Waals surface area contributed by atoms with Crippen molar-refractivity contribution >= 4 is 16.8 Å².